The maximum atomic E-state index is 5.20. The van der Waals surface area contributed by atoms with Crippen LogP contribution in [0.15, 0.2) is 60.7 Å². The van der Waals surface area contributed by atoms with Crippen LogP contribution in [0.4, 0.5) is 0 Å². The molecule has 2 heteroatoms. The standard InChI is InChI=1S/C24H24N2/c1-3-9-18(10-4-1)23-21(17-26-13-7-2-8-14-26)16-20-15-19-11-5-6-12-22(19)24(20)25-23/h1,3-6,9-12,16H,2,7-8,13-15,17H2. The molecule has 0 amide bonds. The first-order valence-corrected chi connectivity index (χ1v) is 9.77. The third-order valence-corrected chi connectivity index (χ3v) is 5.72. The van der Waals surface area contributed by atoms with Gasteiger partial charge >= 0.3 is 0 Å². The van der Waals surface area contributed by atoms with Crippen LogP contribution in [0.2, 0.25) is 0 Å². The van der Waals surface area contributed by atoms with Crippen LogP contribution >= 0.6 is 0 Å². The average molecular weight is 340 g/mol. The Hall–Kier alpha value is -2.45. The van der Waals surface area contributed by atoms with Crippen molar-refractivity contribution >= 4 is 0 Å². The summed E-state index contributed by atoms with van der Waals surface area (Å²) in [6.07, 6.45) is 5.04. The number of piperidine rings is 1. The summed E-state index contributed by atoms with van der Waals surface area (Å²) in [7, 11) is 0. The van der Waals surface area contributed by atoms with E-state index in [2.05, 4.69) is 65.6 Å². The molecular weight excluding hydrogens is 316 g/mol. The number of fused-ring (bicyclic) bond motifs is 3. The van der Waals surface area contributed by atoms with Crippen LogP contribution in [-0.4, -0.2) is 23.0 Å². The number of nitrogens with zero attached hydrogens (tertiary/aromatic N) is 2. The molecule has 2 heterocycles. The fourth-order valence-electron chi connectivity index (χ4n) is 4.41. The van der Waals surface area contributed by atoms with E-state index in [-0.39, 0.29) is 0 Å². The Morgan fingerprint density at radius 3 is 2.38 bits per heavy atom. The molecule has 130 valence electrons. The number of hydrogen-bond acceptors (Lipinski definition) is 2. The number of rotatable bonds is 3. The van der Waals surface area contributed by atoms with E-state index in [1.807, 2.05) is 0 Å². The van der Waals surface area contributed by atoms with Gasteiger partial charge in [-0.25, -0.2) is 4.98 Å². The van der Waals surface area contributed by atoms with Gasteiger partial charge in [0.05, 0.1) is 11.4 Å². The van der Waals surface area contributed by atoms with Gasteiger partial charge < -0.3 is 0 Å². The van der Waals surface area contributed by atoms with E-state index in [0.29, 0.717) is 0 Å². The Morgan fingerprint density at radius 2 is 1.54 bits per heavy atom. The summed E-state index contributed by atoms with van der Waals surface area (Å²) in [6, 6.07) is 21.8. The summed E-state index contributed by atoms with van der Waals surface area (Å²) in [4.78, 5) is 7.80. The first-order valence-electron chi connectivity index (χ1n) is 9.77. The lowest BCUT2D eigenvalue weighted by molar-refractivity contribution is 0.221. The van der Waals surface area contributed by atoms with Crippen molar-refractivity contribution in [1.29, 1.82) is 0 Å². The molecule has 1 saturated heterocycles. The van der Waals surface area contributed by atoms with Gasteiger partial charge in [-0.1, -0.05) is 61.0 Å². The Balaban J connectivity index is 1.61. The van der Waals surface area contributed by atoms with Crippen molar-refractivity contribution in [2.75, 3.05) is 13.1 Å². The highest BCUT2D eigenvalue weighted by molar-refractivity contribution is 5.77. The van der Waals surface area contributed by atoms with Gasteiger partial charge in [-0.3, -0.25) is 4.90 Å². The fraction of sp³-hybridized carbons (Fsp3) is 0.292. The number of benzene rings is 2. The predicted molar refractivity (Wildman–Crippen MR) is 107 cm³/mol. The van der Waals surface area contributed by atoms with Crippen molar-refractivity contribution in [2.24, 2.45) is 0 Å². The molecule has 1 aliphatic carbocycles. The second kappa shape index (κ2) is 6.69. The van der Waals surface area contributed by atoms with Gasteiger partial charge in [-0.2, -0.15) is 0 Å². The second-order valence-electron chi connectivity index (χ2n) is 7.54. The minimum Gasteiger partial charge on any atom is -0.299 e. The molecule has 2 nitrogen and oxygen atoms in total. The summed E-state index contributed by atoms with van der Waals surface area (Å²) in [5, 5.41) is 0. The van der Waals surface area contributed by atoms with Crippen LogP contribution in [0.25, 0.3) is 22.5 Å². The summed E-state index contributed by atoms with van der Waals surface area (Å²) >= 11 is 0. The first-order chi connectivity index (χ1) is 12.9. The highest BCUT2D eigenvalue weighted by atomic mass is 15.1. The van der Waals surface area contributed by atoms with Gasteiger partial charge in [0.2, 0.25) is 0 Å². The summed E-state index contributed by atoms with van der Waals surface area (Å²) in [5.41, 5.74) is 9.05. The molecule has 0 radical (unpaired) electrons. The van der Waals surface area contributed by atoms with Gasteiger partial charge in [-0.15, -0.1) is 0 Å². The van der Waals surface area contributed by atoms with Crippen LogP contribution in [0.3, 0.4) is 0 Å². The Morgan fingerprint density at radius 1 is 0.769 bits per heavy atom. The third-order valence-electron chi connectivity index (χ3n) is 5.72. The van der Waals surface area contributed by atoms with Gasteiger partial charge in [0, 0.05) is 24.1 Å². The van der Waals surface area contributed by atoms with E-state index < -0.39 is 0 Å². The van der Waals surface area contributed by atoms with Crippen molar-refractivity contribution in [3.8, 4) is 22.5 Å². The lowest BCUT2D eigenvalue weighted by Gasteiger charge is -2.27. The molecule has 1 aliphatic heterocycles. The average Bonchev–Trinajstić information content (AvgIpc) is 3.06. The quantitative estimate of drug-likeness (QED) is 0.503. The van der Waals surface area contributed by atoms with Gasteiger partial charge in [0.15, 0.2) is 0 Å². The van der Waals surface area contributed by atoms with E-state index in [0.717, 1.165) is 18.7 Å². The molecule has 0 N–H and O–H groups in total. The minimum absolute atomic E-state index is 1.01. The van der Waals surface area contributed by atoms with Crippen LogP contribution in [0, 0.1) is 0 Å². The van der Waals surface area contributed by atoms with Gasteiger partial charge in [0.1, 0.15) is 0 Å². The summed E-state index contributed by atoms with van der Waals surface area (Å²) in [6.45, 7) is 3.44. The van der Waals surface area contributed by atoms with E-state index in [1.54, 1.807) is 0 Å². The zero-order valence-corrected chi connectivity index (χ0v) is 15.1. The van der Waals surface area contributed by atoms with Crippen molar-refractivity contribution in [3.05, 3.63) is 77.4 Å². The molecule has 0 atom stereocenters. The molecule has 0 spiro atoms. The normalized spacial score (nSPS) is 16.3. The molecule has 1 fully saturated rings. The summed E-state index contributed by atoms with van der Waals surface area (Å²) in [5.74, 6) is 0. The Kier molecular flexibility index (Phi) is 4.06. The van der Waals surface area contributed by atoms with Crippen LogP contribution in [-0.2, 0) is 13.0 Å². The molecule has 2 aliphatic rings. The van der Waals surface area contributed by atoms with Gasteiger partial charge in [-0.05, 0) is 48.7 Å². The lowest BCUT2D eigenvalue weighted by Crippen LogP contribution is -2.29. The Labute approximate surface area is 155 Å². The number of hydrogen-bond donors (Lipinski definition) is 0. The maximum absolute atomic E-state index is 5.20. The van der Waals surface area contributed by atoms with Crippen molar-refractivity contribution < 1.29 is 0 Å². The predicted octanol–water partition coefficient (Wildman–Crippen LogP) is 5.31. The second-order valence-corrected chi connectivity index (χ2v) is 7.54. The molecular formula is C24H24N2. The molecule has 3 aromatic rings. The molecule has 1 aromatic heterocycles. The zero-order valence-electron chi connectivity index (χ0n) is 15.1. The molecule has 0 unspecified atom stereocenters. The first kappa shape index (κ1) is 15.8. The number of aromatic nitrogens is 1. The molecule has 26 heavy (non-hydrogen) atoms. The lowest BCUT2D eigenvalue weighted by atomic mass is 10.0. The molecule has 0 bridgehead atoms. The van der Waals surface area contributed by atoms with Gasteiger partial charge in [0.25, 0.3) is 0 Å². The SMILES string of the molecule is c1ccc(-c2nc3c(cc2CN2CCCCC2)Cc2ccccc2-3)cc1. The van der Waals surface area contributed by atoms with Crippen molar-refractivity contribution in [2.45, 2.75) is 32.2 Å². The molecule has 0 saturated carbocycles. The van der Waals surface area contributed by atoms with Crippen LogP contribution in [0.5, 0.6) is 0 Å². The summed E-state index contributed by atoms with van der Waals surface area (Å²) < 4.78 is 0. The van der Waals surface area contributed by atoms with E-state index in [4.69, 9.17) is 4.98 Å². The fourth-order valence-corrected chi connectivity index (χ4v) is 4.41. The smallest absolute Gasteiger partial charge is 0.0754 e. The minimum atomic E-state index is 1.01. The van der Waals surface area contributed by atoms with Crippen molar-refractivity contribution in [3.63, 3.8) is 0 Å². The molecule has 5 rings (SSSR count). The third kappa shape index (κ3) is 2.85. The monoisotopic (exact) mass is 340 g/mol. The van der Waals surface area contributed by atoms with E-state index in [9.17, 15) is 0 Å². The van der Waals surface area contributed by atoms with E-state index >= 15 is 0 Å². The highest BCUT2D eigenvalue weighted by Crippen LogP contribution is 2.38. The Bertz CT molecular complexity index is 924. The maximum Gasteiger partial charge on any atom is 0.0754 e. The highest BCUT2D eigenvalue weighted by Gasteiger charge is 2.23. The van der Waals surface area contributed by atoms with E-state index in [1.165, 1.54) is 65.9 Å². The van der Waals surface area contributed by atoms with Crippen LogP contribution in [0.1, 0.15) is 36.0 Å². The molecule has 2 aromatic carbocycles. The topological polar surface area (TPSA) is 16.1 Å². The largest absolute Gasteiger partial charge is 0.299 e. The zero-order chi connectivity index (χ0) is 17.3. The van der Waals surface area contributed by atoms with Crippen LogP contribution < -0.4 is 0 Å². The number of likely N-dealkylation sites (tertiary alicyclic amines) is 1. The van der Waals surface area contributed by atoms with Crippen molar-refractivity contribution in [1.82, 2.24) is 9.88 Å². The number of pyridine rings is 1.